The number of hydrogen-bond acceptors (Lipinski definition) is 5. The van der Waals surface area contributed by atoms with Crippen LogP contribution in [-0.4, -0.2) is 33.8 Å². The molecule has 0 bridgehead atoms. The number of nitrogens with zero attached hydrogens (tertiary/aromatic N) is 5. The van der Waals surface area contributed by atoms with Crippen molar-refractivity contribution in [2.75, 3.05) is 24.3 Å². The van der Waals surface area contributed by atoms with E-state index in [0.29, 0.717) is 5.95 Å². The molecule has 96 valence electrons. The average Bonchev–Trinajstić information content (AvgIpc) is 2.69. The molecule has 0 aliphatic heterocycles. The van der Waals surface area contributed by atoms with E-state index in [0.717, 1.165) is 23.6 Å². The van der Waals surface area contributed by atoms with Crippen LogP contribution in [0.2, 0.25) is 0 Å². The van der Waals surface area contributed by atoms with E-state index in [1.165, 1.54) is 0 Å². The lowest BCUT2D eigenvalue weighted by atomic mass is 10.3. The Morgan fingerprint density at radius 3 is 2.83 bits per heavy atom. The van der Waals surface area contributed by atoms with Crippen LogP contribution < -0.4 is 10.2 Å². The van der Waals surface area contributed by atoms with Crippen molar-refractivity contribution in [2.24, 2.45) is 7.05 Å². The van der Waals surface area contributed by atoms with Crippen molar-refractivity contribution in [1.82, 2.24) is 19.7 Å². The quantitative estimate of drug-likeness (QED) is 0.887. The topological polar surface area (TPSA) is 58.9 Å². The van der Waals surface area contributed by atoms with E-state index < -0.39 is 0 Å². The van der Waals surface area contributed by atoms with Crippen molar-refractivity contribution in [3.05, 3.63) is 24.2 Å². The summed E-state index contributed by atoms with van der Waals surface area (Å²) in [5.74, 6) is 1.46. The van der Waals surface area contributed by atoms with Crippen LogP contribution in [0.3, 0.4) is 0 Å². The van der Waals surface area contributed by atoms with Gasteiger partial charge in [0.25, 0.3) is 0 Å². The molecule has 0 aromatic carbocycles. The molecule has 0 spiro atoms. The predicted molar refractivity (Wildman–Crippen MR) is 72.2 cm³/mol. The molecule has 6 nitrogen and oxygen atoms in total. The summed E-state index contributed by atoms with van der Waals surface area (Å²) in [4.78, 5) is 10.5. The Morgan fingerprint density at radius 2 is 2.17 bits per heavy atom. The average molecular weight is 246 g/mol. The molecule has 0 saturated heterocycles. The van der Waals surface area contributed by atoms with Gasteiger partial charge in [-0.3, -0.25) is 4.68 Å². The Bertz CT molecular complexity index is 531. The van der Waals surface area contributed by atoms with Gasteiger partial charge in [0.15, 0.2) is 0 Å². The highest BCUT2D eigenvalue weighted by molar-refractivity contribution is 5.58. The van der Waals surface area contributed by atoms with Crippen LogP contribution in [0.25, 0.3) is 0 Å². The van der Waals surface area contributed by atoms with Crippen molar-refractivity contribution < 1.29 is 0 Å². The molecule has 0 aliphatic rings. The second kappa shape index (κ2) is 5.03. The molecular formula is C12H18N6. The van der Waals surface area contributed by atoms with Crippen LogP contribution in [0.15, 0.2) is 18.5 Å². The third-order valence-electron chi connectivity index (χ3n) is 2.55. The van der Waals surface area contributed by atoms with E-state index in [9.17, 15) is 0 Å². The van der Waals surface area contributed by atoms with Gasteiger partial charge in [0, 0.05) is 33.5 Å². The molecule has 2 aromatic heterocycles. The first-order chi connectivity index (χ1) is 8.60. The van der Waals surface area contributed by atoms with E-state index in [1.807, 2.05) is 38.3 Å². The van der Waals surface area contributed by atoms with Gasteiger partial charge in [-0.15, -0.1) is 0 Å². The first kappa shape index (κ1) is 12.3. The van der Waals surface area contributed by atoms with Crippen LogP contribution >= 0.6 is 0 Å². The first-order valence-corrected chi connectivity index (χ1v) is 5.90. The summed E-state index contributed by atoms with van der Waals surface area (Å²) < 4.78 is 1.80. The molecule has 0 saturated carbocycles. The summed E-state index contributed by atoms with van der Waals surface area (Å²) >= 11 is 0. The Morgan fingerprint density at radius 1 is 1.39 bits per heavy atom. The minimum absolute atomic E-state index is 0.682. The Hall–Kier alpha value is -2.11. The number of rotatable bonds is 4. The second-order valence-electron chi connectivity index (χ2n) is 4.28. The number of hydrogen-bond donors (Lipinski definition) is 1. The van der Waals surface area contributed by atoms with Crippen LogP contribution in [0, 0.1) is 0 Å². The fourth-order valence-corrected chi connectivity index (χ4v) is 1.67. The van der Waals surface area contributed by atoms with E-state index in [-0.39, 0.29) is 0 Å². The first-order valence-electron chi connectivity index (χ1n) is 5.90. The van der Waals surface area contributed by atoms with Gasteiger partial charge >= 0.3 is 0 Å². The molecular weight excluding hydrogens is 228 g/mol. The highest BCUT2D eigenvalue weighted by Crippen LogP contribution is 2.19. The molecule has 2 aromatic rings. The summed E-state index contributed by atoms with van der Waals surface area (Å²) in [6, 6.07) is 1.85. The zero-order valence-corrected chi connectivity index (χ0v) is 11.2. The second-order valence-corrected chi connectivity index (χ2v) is 4.28. The zero-order valence-electron chi connectivity index (χ0n) is 11.2. The molecule has 0 unspecified atom stereocenters. The van der Waals surface area contributed by atoms with E-state index in [4.69, 9.17) is 0 Å². The summed E-state index contributed by atoms with van der Waals surface area (Å²) in [5, 5.41) is 7.66. The molecule has 0 fully saturated rings. The molecule has 0 radical (unpaired) electrons. The summed E-state index contributed by atoms with van der Waals surface area (Å²) in [6.07, 6.45) is 4.58. The van der Waals surface area contributed by atoms with Crippen LogP contribution in [0.1, 0.15) is 12.6 Å². The molecule has 1 N–H and O–H groups in total. The van der Waals surface area contributed by atoms with Gasteiger partial charge in [0.2, 0.25) is 5.95 Å². The minimum atomic E-state index is 0.682. The fraction of sp³-hybridized carbons (Fsp3) is 0.417. The lowest BCUT2D eigenvalue weighted by Gasteiger charge is -2.11. The van der Waals surface area contributed by atoms with Crippen molar-refractivity contribution in [3.63, 3.8) is 0 Å². The third kappa shape index (κ3) is 2.58. The Balaban J connectivity index is 2.25. The number of nitrogens with one attached hydrogen (secondary N) is 1. The fourth-order valence-electron chi connectivity index (χ4n) is 1.67. The van der Waals surface area contributed by atoms with Crippen LogP contribution in [0.5, 0.6) is 0 Å². The monoisotopic (exact) mass is 246 g/mol. The highest BCUT2D eigenvalue weighted by atomic mass is 15.3. The van der Waals surface area contributed by atoms with Gasteiger partial charge in [0.05, 0.1) is 11.4 Å². The number of anilines is 3. The number of aromatic nitrogens is 4. The zero-order chi connectivity index (χ0) is 13.1. The lowest BCUT2D eigenvalue weighted by Crippen LogP contribution is -2.13. The molecule has 2 rings (SSSR count). The van der Waals surface area contributed by atoms with Crippen molar-refractivity contribution >= 4 is 17.5 Å². The smallest absolute Gasteiger partial charge is 0.226 e. The SMILES string of the molecule is CCc1nn(C)cc1Nc1ccnc(N(C)C)n1. The van der Waals surface area contributed by atoms with Crippen molar-refractivity contribution in [2.45, 2.75) is 13.3 Å². The van der Waals surface area contributed by atoms with E-state index >= 15 is 0 Å². The maximum Gasteiger partial charge on any atom is 0.226 e. The molecule has 2 heterocycles. The molecule has 0 atom stereocenters. The standard InChI is InChI=1S/C12H18N6/c1-5-9-10(8-18(4)16-9)14-11-6-7-13-12(15-11)17(2)3/h6-8H,5H2,1-4H3,(H,13,14,15). The van der Waals surface area contributed by atoms with E-state index in [2.05, 4.69) is 27.3 Å². The summed E-state index contributed by atoms with van der Waals surface area (Å²) in [6.45, 7) is 2.08. The summed E-state index contributed by atoms with van der Waals surface area (Å²) in [5.41, 5.74) is 2.02. The summed E-state index contributed by atoms with van der Waals surface area (Å²) in [7, 11) is 5.75. The van der Waals surface area contributed by atoms with Crippen molar-refractivity contribution in [3.8, 4) is 0 Å². The predicted octanol–water partition coefficient (Wildman–Crippen LogP) is 1.58. The molecule has 0 amide bonds. The largest absolute Gasteiger partial charge is 0.347 e. The lowest BCUT2D eigenvalue weighted by molar-refractivity contribution is 0.746. The maximum atomic E-state index is 4.42. The van der Waals surface area contributed by atoms with Gasteiger partial charge < -0.3 is 10.2 Å². The minimum Gasteiger partial charge on any atom is -0.347 e. The van der Waals surface area contributed by atoms with Gasteiger partial charge in [-0.05, 0) is 12.5 Å². The van der Waals surface area contributed by atoms with Crippen LogP contribution in [-0.2, 0) is 13.5 Å². The van der Waals surface area contributed by atoms with Gasteiger partial charge in [-0.2, -0.15) is 10.1 Å². The highest BCUT2D eigenvalue weighted by Gasteiger charge is 2.07. The Kier molecular flexibility index (Phi) is 3.45. The van der Waals surface area contributed by atoms with Crippen molar-refractivity contribution in [1.29, 1.82) is 0 Å². The third-order valence-corrected chi connectivity index (χ3v) is 2.55. The van der Waals surface area contributed by atoms with Gasteiger partial charge in [-0.1, -0.05) is 6.92 Å². The molecule has 0 aliphatic carbocycles. The normalized spacial score (nSPS) is 10.4. The van der Waals surface area contributed by atoms with Gasteiger partial charge in [-0.25, -0.2) is 4.98 Å². The van der Waals surface area contributed by atoms with Gasteiger partial charge in [0.1, 0.15) is 5.82 Å². The maximum absolute atomic E-state index is 4.42. The molecule has 18 heavy (non-hydrogen) atoms. The Labute approximate surface area is 107 Å². The van der Waals surface area contributed by atoms with Crippen LogP contribution in [0.4, 0.5) is 17.5 Å². The van der Waals surface area contributed by atoms with E-state index in [1.54, 1.807) is 10.9 Å². The molecule has 6 heteroatoms. The number of aryl methyl sites for hydroxylation is 2.